The first-order chi connectivity index (χ1) is 24.3. The molecule has 3 heterocycles. The average Bonchev–Trinajstić information content (AvgIpc) is 3.84. The lowest BCUT2D eigenvalue weighted by atomic mass is 9.48. The zero-order chi connectivity index (χ0) is 35.4. The molecule has 9 nitrogen and oxygen atoms in total. The molecule has 0 radical (unpaired) electrons. The second kappa shape index (κ2) is 11.6. The molecule has 1 aromatic carbocycles. The highest BCUT2D eigenvalue weighted by Gasteiger charge is 2.62. The van der Waals surface area contributed by atoms with E-state index in [9.17, 15) is 36.6 Å². The summed E-state index contributed by atoms with van der Waals surface area (Å²) in [6.45, 7) is -0.366. The number of halogens is 5. The largest absolute Gasteiger partial charge is 0.490 e. The van der Waals surface area contributed by atoms with Crippen molar-refractivity contribution in [2.45, 2.75) is 106 Å². The molecule has 2 aromatic heterocycles. The van der Waals surface area contributed by atoms with Crippen molar-refractivity contribution in [3.05, 3.63) is 41.9 Å². The van der Waals surface area contributed by atoms with Crippen LogP contribution in [0.5, 0.6) is 5.75 Å². The number of carboxylic acids is 1. The molecule has 6 saturated carbocycles. The second-order valence-electron chi connectivity index (χ2n) is 16.1. The fourth-order valence-electron chi connectivity index (χ4n) is 10.3. The van der Waals surface area contributed by atoms with Gasteiger partial charge in [0.2, 0.25) is 0 Å². The molecule has 2 N–H and O–H groups in total. The Kier molecular flexibility index (Phi) is 7.52. The van der Waals surface area contributed by atoms with Gasteiger partial charge >= 0.3 is 12.1 Å². The smallest absolute Gasteiger partial charge is 0.434 e. The summed E-state index contributed by atoms with van der Waals surface area (Å²) in [5.74, 6) is -4.35. The summed E-state index contributed by atoms with van der Waals surface area (Å²) in [6.07, 6.45) is 6.02. The molecule has 0 unspecified atom stereocenters. The van der Waals surface area contributed by atoms with Crippen LogP contribution in [0.2, 0.25) is 0 Å². The lowest BCUT2D eigenvalue weighted by molar-refractivity contribution is -0.163. The van der Waals surface area contributed by atoms with Gasteiger partial charge in [-0.3, -0.25) is 9.69 Å². The Morgan fingerprint density at radius 3 is 2.16 bits per heavy atom. The number of carbonyl (C=O) groups excluding carboxylic acids is 1. The van der Waals surface area contributed by atoms with Crippen molar-refractivity contribution in [2.75, 3.05) is 13.1 Å². The molecule has 0 atom stereocenters. The van der Waals surface area contributed by atoms with Gasteiger partial charge in [-0.15, -0.1) is 0 Å². The molecule has 7 aliphatic rings. The number of benzene rings is 1. The van der Waals surface area contributed by atoms with Crippen molar-refractivity contribution in [1.82, 2.24) is 24.8 Å². The first-order valence-electron chi connectivity index (χ1n) is 18.2. The second-order valence-corrected chi connectivity index (χ2v) is 16.1. The van der Waals surface area contributed by atoms with Crippen LogP contribution >= 0.6 is 0 Å². The van der Waals surface area contributed by atoms with E-state index in [0.29, 0.717) is 54.2 Å². The maximum absolute atomic E-state index is 14.6. The van der Waals surface area contributed by atoms with Gasteiger partial charge in [-0.1, -0.05) is 0 Å². The Hall–Kier alpha value is -3.81. The van der Waals surface area contributed by atoms with Crippen molar-refractivity contribution in [2.24, 2.45) is 23.7 Å². The predicted molar refractivity (Wildman–Crippen MR) is 174 cm³/mol. The lowest BCUT2D eigenvalue weighted by Crippen LogP contribution is -2.70. The quantitative estimate of drug-likeness (QED) is 0.240. The van der Waals surface area contributed by atoms with Crippen molar-refractivity contribution in [1.29, 1.82) is 0 Å². The van der Waals surface area contributed by atoms with E-state index in [0.717, 1.165) is 56.7 Å². The molecule has 3 aromatic rings. The van der Waals surface area contributed by atoms with Gasteiger partial charge < -0.3 is 19.7 Å². The molecule has 14 heteroatoms. The van der Waals surface area contributed by atoms with Crippen LogP contribution in [0.25, 0.3) is 22.3 Å². The van der Waals surface area contributed by atoms with Crippen LogP contribution < -0.4 is 10.1 Å². The van der Waals surface area contributed by atoms with Crippen molar-refractivity contribution in [3.63, 3.8) is 0 Å². The maximum Gasteiger partial charge on any atom is 0.434 e. The summed E-state index contributed by atoms with van der Waals surface area (Å²) >= 11 is 0. The number of alkyl halides is 5. The molecule has 1 aliphatic heterocycles. The van der Waals surface area contributed by atoms with Crippen LogP contribution in [0.15, 0.2) is 30.6 Å². The minimum atomic E-state index is -5.00. The molecular formula is C37H40F5N5O4. The van der Waals surface area contributed by atoms with Crippen molar-refractivity contribution >= 4 is 22.8 Å². The van der Waals surface area contributed by atoms with E-state index in [-0.39, 0.29) is 48.9 Å². The van der Waals surface area contributed by atoms with Gasteiger partial charge in [0.1, 0.15) is 11.3 Å². The highest BCUT2D eigenvalue weighted by atomic mass is 19.4. The zero-order valence-electron chi connectivity index (χ0n) is 28.0. The Bertz CT molecular complexity index is 1860. The van der Waals surface area contributed by atoms with Crippen molar-refractivity contribution in [3.8, 4) is 17.1 Å². The number of fused-ring (bicyclic) bond motifs is 1. The Balaban J connectivity index is 0.982. The number of amides is 1. The van der Waals surface area contributed by atoms with Crippen LogP contribution in [0.1, 0.15) is 92.7 Å². The Morgan fingerprint density at radius 2 is 1.57 bits per heavy atom. The van der Waals surface area contributed by atoms with Gasteiger partial charge in [-0.2, -0.15) is 13.2 Å². The molecule has 0 spiro atoms. The van der Waals surface area contributed by atoms with Crippen LogP contribution in [-0.2, 0) is 11.0 Å². The number of hydrogen-bond acceptors (Lipinski definition) is 6. The topological polar surface area (TPSA) is 110 Å². The number of ether oxygens (including phenoxy) is 1. The molecule has 272 valence electrons. The number of likely N-dealkylation sites (tertiary alicyclic amines) is 1. The number of nitrogens with one attached hydrogen (secondary N) is 1. The molecule has 7 fully saturated rings. The minimum Gasteiger partial charge on any atom is -0.490 e. The summed E-state index contributed by atoms with van der Waals surface area (Å²) in [6, 6.07) is 5.74. The van der Waals surface area contributed by atoms with Crippen LogP contribution in [-0.4, -0.2) is 73.1 Å². The molecular weight excluding hydrogens is 673 g/mol. The summed E-state index contributed by atoms with van der Waals surface area (Å²) in [5, 5.41) is 13.7. The van der Waals surface area contributed by atoms with E-state index in [1.54, 1.807) is 18.3 Å². The van der Waals surface area contributed by atoms with E-state index < -0.39 is 40.8 Å². The van der Waals surface area contributed by atoms with Gasteiger partial charge in [0, 0.05) is 41.5 Å². The average molecular weight is 714 g/mol. The maximum atomic E-state index is 14.6. The standard InChI is InChI=1S/C37H40F5N5O4/c38-35(39)17-46(18-35)23-3-5-25(6-4-23)51-26-7-8-27-29(16-47(24-1-2-24)30(27)14-26)32-43-15-28(31(44-32)37(40,41)42)33(48)45-36(34(49)50)21-10-19-9-20(12-21)13-22(36)11-19/h7-8,14-16,19-25H,1-6,9-13,17-18H2,(H,45,48)(H,49,50)/t19?,20?,21?,22?,23-,25-,36?. The Morgan fingerprint density at radius 1 is 0.922 bits per heavy atom. The van der Waals surface area contributed by atoms with Crippen LogP contribution in [0, 0.1) is 23.7 Å². The molecule has 10 rings (SSSR count). The van der Waals surface area contributed by atoms with Crippen LogP contribution in [0.3, 0.4) is 0 Å². The Labute approximate surface area is 290 Å². The van der Waals surface area contributed by atoms with E-state index in [1.165, 1.54) is 0 Å². The number of carboxylic acid groups (broad SMARTS) is 1. The SMILES string of the molecule is O=C(NC1(C(=O)O)C2CC3CC(C2)CC1C3)c1cnc(-c2cn(C3CC3)c3cc(O[C@H]4CC[C@H](N5CC(F)(F)C5)CC4)ccc23)nc1C(F)(F)F. The fourth-order valence-corrected chi connectivity index (χ4v) is 10.3. The third-order valence-corrected chi connectivity index (χ3v) is 12.7. The third-order valence-electron chi connectivity index (χ3n) is 12.7. The third kappa shape index (κ3) is 5.66. The first-order valence-corrected chi connectivity index (χ1v) is 18.2. The zero-order valence-corrected chi connectivity index (χ0v) is 28.0. The monoisotopic (exact) mass is 713 g/mol. The number of carbonyl (C=O) groups is 2. The lowest BCUT2D eigenvalue weighted by Gasteiger charge is -2.59. The van der Waals surface area contributed by atoms with Gasteiger partial charge in [0.15, 0.2) is 11.5 Å². The number of aliphatic carboxylic acids is 1. The molecule has 51 heavy (non-hydrogen) atoms. The minimum absolute atomic E-state index is 0.0696. The number of rotatable bonds is 8. The molecule has 4 bridgehead atoms. The molecule has 1 amide bonds. The highest BCUT2D eigenvalue weighted by molar-refractivity contribution is 6.00. The van der Waals surface area contributed by atoms with Gasteiger partial charge in [-0.05, 0) is 106 Å². The fraction of sp³-hybridized carbons (Fsp3) is 0.622. The molecule has 6 aliphatic carbocycles. The van der Waals surface area contributed by atoms with E-state index >= 15 is 0 Å². The predicted octanol–water partition coefficient (Wildman–Crippen LogP) is 7.10. The van der Waals surface area contributed by atoms with Gasteiger partial charge in [0.05, 0.1) is 30.3 Å². The van der Waals surface area contributed by atoms with Gasteiger partial charge in [-0.25, -0.2) is 23.5 Å². The summed E-state index contributed by atoms with van der Waals surface area (Å²) in [5.41, 5.74) is -2.66. The van der Waals surface area contributed by atoms with Crippen LogP contribution in [0.4, 0.5) is 22.0 Å². The van der Waals surface area contributed by atoms with Crippen molar-refractivity contribution < 1.29 is 41.4 Å². The summed E-state index contributed by atoms with van der Waals surface area (Å²) in [7, 11) is 0. The van der Waals surface area contributed by atoms with E-state index in [2.05, 4.69) is 15.3 Å². The molecule has 1 saturated heterocycles. The van der Waals surface area contributed by atoms with E-state index in [4.69, 9.17) is 4.74 Å². The number of hydrogen-bond donors (Lipinski definition) is 2. The number of aromatic nitrogens is 3. The first kappa shape index (κ1) is 33.1. The number of nitrogens with zero attached hydrogens (tertiary/aromatic N) is 4. The van der Waals surface area contributed by atoms with Gasteiger partial charge in [0.25, 0.3) is 11.8 Å². The van der Waals surface area contributed by atoms with E-state index in [1.807, 2.05) is 15.5 Å². The summed E-state index contributed by atoms with van der Waals surface area (Å²) < 4.78 is 79.0. The highest BCUT2D eigenvalue weighted by Crippen LogP contribution is 2.58. The summed E-state index contributed by atoms with van der Waals surface area (Å²) in [4.78, 5) is 36.5. The normalized spacial score (nSPS) is 32.9.